The number of aromatic nitrogens is 2. The minimum atomic E-state index is -0.0266. The topological polar surface area (TPSA) is 38.1 Å². The van der Waals surface area contributed by atoms with Gasteiger partial charge in [0.05, 0.1) is 11.7 Å². The number of nitrogens with zero attached hydrogens (tertiary/aromatic N) is 3. The summed E-state index contributed by atoms with van der Waals surface area (Å²) in [5.41, 5.74) is 1.90. The lowest BCUT2D eigenvalue weighted by molar-refractivity contribution is -0.129. The molecule has 0 radical (unpaired) electrons. The Labute approximate surface area is 130 Å². The molecule has 0 saturated carbocycles. The highest BCUT2D eigenvalue weighted by molar-refractivity contribution is 6.30. The zero-order valence-electron chi connectivity index (χ0n) is 12.2. The van der Waals surface area contributed by atoms with Crippen molar-refractivity contribution in [3.8, 4) is 0 Å². The zero-order chi connectivity index (χ0) is 14.9. The molecule has 1 unspecified atom stereocenters. The second-order valence-corrected chi connectivity index (χ2v) is 6.37. The maximum atomic E-state index is 11.9. The highest BCUT2D eigenvalue weighted by Crippen LogP contribution is 2.38. The first-order valence-corrected chi connectivity index (χ1v) is 7.95. The molecule has 1 aromatic rings. The average molecular weight is 318 g/mol. The van der Waals surface area contributed by atoms with Crippen LogP contribution in [0.15, 0.2) is 0 Å². The largest absolute Gasteiger partial charge is 0.334 e. The number of hydrogen-bond acceptors (Lipinski definition) is 2. The quantitative estimate of drug-likeness (QED) is 0.798. The number of hydrogen-bond donors (Lipinski definition) is 0. The normalized spacial score (nSPS) is 19.1. The summed E-state index contributed by atoms with van der Waals surface area (Å²) in [6.45, 7) is 7.76. The second kappa shape index (κ2) is 6.35. The molecular weight excluding hydrogens is 297 g/mol. The van der Waals surface area contributed by atoms with Crippen molar-refractivity contribution in [2.45, 2.75) is 46.2 Å². The summed E-state index contributed by atoms with van der Waals surface area (Å²) < 4.78 is 1.85. The maximum absolute atomic E-state index is 11.9. The lowest BCUT2D eigenvalue weighted by Gasteiger charge is -2.24. The minimum Gasteiger partial charge on any atom is -0.334 e. The van der Waals surface area contributed by atoms with E-state index in [0.29, 0.717) is 11.1 Å². The van der Waals surface area contributed by atoms with Gasteiger partial charge in [0.2, 0.25) is 5.91 Å². The summed E-state index contributed by atoms with van der Waals surface area (Å²) in [6.07, 6.45) is 1.91. The molecule has 1 aromatic heterocycles. The lowest BCUT2D eigenvalue weighted by Crippen LogP contribution is -2.31. The van der Waals surface area contributed by atoms with Crippen LogP contribution in [0.25, 0.3) is 0 Å². The molecule has 0 aliphatic carbocycles. The van der Waals surface area contributed by atoms with Crippen molar-refractivity contribution < 1.29 is 4.79 Å². The van der Waals surface area contributed by atoms with Gasteiger partial charge in [-0.15, -0.1) is 11.6 Å². The summed E-state index contributed by atoms with van der Waals surface area (Å²) in [7, 11) is 0. The Morgan fingerprint density at radius 1 is 1.50 bits per heavy atom. The second-order valence-electron chi connectivity index (χ2n) is 5.74. The van der Waals surface area contributed by atoms with Gasteiger partial charge in [-0.2, -0.15) is 5.10 Å². The molecule has 2 heterocycles. The molecule has 0 spiro atoms. The number of rotatable bonds is 4. The smallest absolute Gasteiger partial charge is 0.238 e. The number of aryl methyl sites for hydroxylation is 1. The van der Waals surface area contributed by atoms with Crippen molar-refractivity contribution in [1.29, 1.82) is 0 Å². The predicted octanol–water partition coefficient (Wildman–Crippen LogP) is 3.40. The number of likely N-dealkylation sites (tertiary alicyclic amines) is 1. The molecule has 1 amide bonds. The lowest BCUT2D eigenvalue weighted by atomic mass is 10.1. The molecule has 0 N–H and O–H groups in total. The van der Waals surface area contributed by atoms with Gasteiger partial charge in [-0.25, -0.2) is 0 Å². The van der Waals surface area contributed by atoms with Crippen molar-refractivity contribution >= 4 is 29.1 Å². The third-order valence-corrected chi connectivity index (χ3v) is 4.30. The van der Waals surface area contributed by atoms with E-state index >= 15 is 0 Å². The molecule has 4 nitrogen and oxygen atoms in total. The minimum absolute atomic E-state index is 0.0211. The summed E-state index contributed by atoms with van der Waals surface area (Å²) in [6, 6.07) is 0.0228. The Bertz CT molecular complexity index is 499. The number of halogens is 2. The van der Waals surface area contributed by atoms with Crippen LogP contribution < -0.4 is 0 Å². The SMILES string of the molecule is Cc1nn(CC(C)C)c(Cl)c1C1CCCN1C(=O)CCl. The van der Waals surface area contributed by atoms with E-state index in [1.807, 2.05) is 16.5 Å². The molecule has 1 saturated heterocycles. The molecule has 2 rings (SSSR count). The maximum Gasteiger partial charge on any atom is 0.238 e. The molecule has 1 aliphatic heterocycles. The fraction of sp³-hybridized carbons (Fsp3) is 0.714. The Morgan fingerprint density at radius 3 is 2.80 bits per heavy atom. The summed E-state index contributed by atoms with van der Waals surface area (Å²) in [4.78, 5) is 13.8. The van der Waals surface area contributed by atoms with Crippen molar-refractivity contribution in [1.82, 2.24) is 14.7 Å². The summed E-state index contributed by atoms with van der Waals surface area (Å²) >= 11 is 12.2. The fourth-order valence-electron chi connectivity index (χ4n) is 2.85. The van der Waals surface area contributed by atoms with Crippen LogP contribution in [0.1, 0.15) is 44.0 Å². The number of alkyl halides is 1. The number of carbonyl (C=O) groups is 1. The van der Waals surface area contributed by atoms with Gasteiger partial charge in [0.1, 0.15) is 11.0 Å². The first-order valence-electron chi connectivity index (χ1n) is 7.04. The van der Waals surface area contributed by atoms with Gasteiger partial charge in [0, 0.05) is 18.7 Å². The monoisotopic (exact) mass is 317 g/mol. The van der Waals surface area contributed by atoms with Crippen LogP contribution >= 0.6 is 23.2 Å². The van der Waals surface area contributed by atoms with Gasteiger partial charge >= 0.3 is 0 Å². The van der Waals surface area contributed by atoms with E-state index in [2.05, 4.69) is 18.9 Å². The van der Waals surface area contributed by atoms with Crippen LogP contribution in [-0.4, -0.2) is 33.0 Å². The van der Waals surface area contributed by atoms with Crippen LogP contribution in [-0.2, 0) is 11.3 Å². The van der Waals surface area contributed by atoms with E-state index in [1.165, 1.54) is 0 Å². The average Bonchev–Trinajstić information content (AvgIpc) is 2.94. The fourth-order valence-corrected chi connectivity index (χ4v) is 3.38. The third kappa shape index (κ3) is 2.96. The highest BCUT2D eigenvalue weighted by Gasteiger charge is 2.33. The molecule has 0 aromatic carbocycles. The van der Waals surface area contributed by atoms with Gasteiger partial charge in [-0.1, -0.05) is 25.4 Å². The number of amides is 1. The van der Waals surface area contributed by atoms with Crippen LogP contribution in [0.5, 0.6) is 0 Å². The first-order chi connectivity index (χ1) is 9.45. The molecule has 112 valence electrons. The van der Waals surface area contributed by atoms with Crippen LogP contribution in [0.3, 0.4) is 0 Å². The summed E-state index contributed by atoms with van der Waals surface area (Å²) in [5, 5.41) is 5.19. The predicted molar refractivity (Wildman–Crippen MR) is 81.2 cm³/mol. The third-order valence-electron chi connectivity index (χ3n) is 3.67. The van der Waals surface area contributed by atoms with Crippen molar-refractivity contribution in [2.24, 2.45) is 5.92 Å². The molecule has 1 fully saturated rings. The van der Waals surface area contributed by atoms with Gasteiger partial charge in [0.15, 0.2) is 0 Å². The molecule has 0 bridgehead atoms. The Hall–Kier alpha value is -0.740. The van der Waals surface area contributed by atoms with E-state index < -0.39 is 0 Å². The van der Waals surface area contributed by atoms with E-state index in [-0.39, 0.29) is 17.8 Å². The van der Waals surface area contributed by atoms with Crippen LogP contribution in [0, 0.1) is 12.8 Å². The van der Waals surface area contributed by atoms with E-state index in [0.717, 1.165) is 37.2 Å². The van der Waals surface area contributed by atoms with Crippen molar-refractivity contribution in [3.05, 3.63) is 16.4 Å². The van der Waals surface area contributed by atoms with Gasteiger partial charge in [-0.3, -0.25) is 9.48 Å². The Kier molecular flexibility index (Phi) is 4.97. The molecule has 1 aliphatic rings. The molecular formula is C14H21Cl2N3O. The molecule has 6 heteroatoms. The van der Waals surface area contributed by atoms with Gasteiger partial charge in [0.25, 0.3) is 0 Å². The van der Waals surface area contributed by atoms with Crippen LogP contribution in [0.4, 0.5) is 0 Å². The summed E-state index contributed by atoms with van der Waals surface area (Å²) in [5.74, 6) is 0.470. The standard InChI is InChI=1S/C14H21Cl2N3O/c1-9(2)8-19-14(16)13(10(3)17-19)11-5-4-6-18(11)12(20)7-15/h9,11H,4-8H2,1-3H3. The van der Waals surface area contributed by atoms with Gasteiger partial charge < -0.3 is 4.90 Å². The van der Waals surface area contributed by atoms with E-state index in [9.17, 15) is 4.79 Å². The van der Waals surface area contributed by atoms with Crippen LogP contribution in [0.2, 0.25) is 5.15 Å². The highest BCUT2D eigenvalue weighted by atomic mass is 35.5. The van der Waals surface area contributed by atoms with Crippen molar-refractivity contribution in [2.75, 3.05) is 12.4 Å². The van der Waals surface area contributed by atoms with E-state index in [4.69, 9.17) is 23.2 Å². The Morgan fingerprint density at radius 2 is 2.20 bits per heavy atom. The Balaban J connectivity index is 2.32. The first kappa shape index (κ1) is 15.6. The zero-order valence-corrected chi connectivity index (χ0v) is 13.7. The molecule has 1 atom stereocenters. The number of carbonyl (C=O) groups excluding carboxylic acids is 1. The van der Waals surface area contributed by atoms with Crippen molar-refractivity contribution in [3.63, 3.8) is 0 Å². The molecule has 20 heavy (non-hydrogen) atoms. The van der Waals surface area contributed by atoms with Gasteiger partial charge in [-0.05, 0) is 25.7 Å². The van der Waals surface area contributed by atoms with E-state index in [1.54, 1.807) is 0 Å².